The number of hydrogen-bond donors (Lipinski definition) is 1. The molecule has 1 aliphatic heterocycles. The summed E-state index contributed by atoms with van der Waals surface area (Å²) >= 11 is 0. The third kappa shape index (κ3) is 3.40. The Kier molecular flexibility index (Phi) is 4.22. The van der Waals surface area contributed by atoms with E-state index in [0.29, 0.717) is 5.92 Å². The molecule has 5 nitrogen and oxygen atoms in total. The number of anilines is 1. The van der Waals surface area contributed by atoms with E-state index in [0.717, 1.165) is 48.8 Å². The number of piperidine rings is 1. The first-order valence-corrected chi connectivity index (χ1v) is 8.85. The van der Waals surface area contributed by atoms with Crippen molar-refractivity contribution in [1.29, 1.82) is 0 Å². The van der Waals surface area contributed by atoms with Crippen LogP contribution in [0.1, 0.15) is 35.8 Å². The summed E-state index contributed by atoms with van der Waals surface area (Å²) in [6, 6.07) is 10.6. The number of imidazole rings is 1. The monoisotopic (exact) mass is 333 g/mol. The molecule has 0 radical (unpaired) electrons. The van der Waals surface area contributed by atoms with Crippen molar-refractivity contribution in [2.24, 2.45) is 0 Å². The number of nitrogens with zero attached hydrogens (tertiary/aromatic N) is 4. The fourth-order valence-electron chi connectivity index (χ4n) is 3.50. The summed E-state index contributed by atoms with van der Waals surface area (Å²) in [4.78, 5) is 19.1. The zero-order chi connectivity index (χ0) is 17.2. The molecule has 3 heterocycles. The molecule has 0 amide bonds. The van der Waals surface area contributed by atoms with E-state index in [1.165, 1.54) is 11.3 Å². The summed E-state index contributed by atoms with van der Waals surface area (Å²) in [7, 11) is 0. The second-order valence-electron chi connectivity index (χ2n) is 6.79. The van der Waals surface area contributed by atoms with Gasteiger partial charge in [0, 0.05) is 42.5 Å². The molecule has 0 unspecified atom stereocenters. The van der Waals surface area contributed by atoms with Gasteiger partial charge >= 0.3 is 0 Å². The van der Waals surface area contributed by atoms with Gasteiger partial charge in [-0.15, -0.1) is 0 Å². The van der Waals surface area contributed by atoms with Gasteiger partial charge in [0.2, 0.25) is 0 Å². The van der Waals surface area contributed by atoms with Crippen molar-refractivity contribution in [2.45, 2.75) is 32.6 Å². The Bertz CT molecular complexity index is 831. The van der Waals surface area contributed by atoms with E-state index in [-0.39, 0.29) is 0 Å². The van der Waals surface area contributed by atoms with Gasteiger partial charge in [0.25, 0.3) is 0 Å². The fraction of sp³-hybridized carbons (Fsp3) is 0.350. The second-order valence-corrected chi connectivity index (χ2v) is 6.79. The number of aromatic nitrogens is 4. The first-order chi connectivity index (χ1) is 12.2. The Morgan fingerprint density at radius 2 is 1.80 bits per heavy atom. The highest BCUT2D eigenvalue weighted by atomic mass is 15.2. The van der Waals surface area contributed by atoms with Crippen LogP contribution in [0.25, 0.3) is 11.3 Å². The first kappa shape index (κ1) is 15.8. The maximum atomic E-state index is 4.68. The second kappa shape index (κ2) is 6.67. The van der Waals surface area contributed by atoms with Gasteiger partial charge in [-0.1, -0.05) is 29.8 Å². The summed E-state index contributed by atoms with van der Waals surface area (Å²) in [5, 5.41) is 0. The van der Waals surface area contributed by atoms with Gasteiger partial charge in [-0.2, -0.15) is 0 Å². The molecule has 4 rings (SSSR count). The summed E-state index contributed by atoms with van der Waals surface area (Å²) in [5.41, 5.74) is 4.65. The van der Waals surface area contributed by atoms with Gasteiger partial charge in [0.15, 0.2) is 0 Å². The summed E-state index contributed by atoms with van der Waals surface area (Å²) in [6.45, 7) is 6.09. The lowest BCUT2D eigenvalue weighted by Gasteiger charge is -2.32. The van der Waals surface area contributed by atoms with Crippen molar-refractivity contribution in [1.82, 2.24) is 19.9 Å². The van der Waals surface area contributed by atoms with Crippen LogP contribution in [0.5, 0.6) is 0 Å². The number of nitrogens with one attached hydrogen (secondary N) is 1. The maximum absolute atomic E-state index is 4.68. The summed E-state index contributed by atoms with van der Waals surface area (Å²) in [6.07, 6.45) is 5.95. The number of aromatic amines is 1. The van der Waals surface area contributed by atoms with Crippen molar-refractivity contribution in [3.8, 4) is 11.3 Å². The normalized spacial score (nSPS) is 15.5. The minimum atomic E-state index is 0.568. The van der Waals surface area contributed by atoms with E-state index in [2.05, 4.69) is 62.1 Å². The zero-order valence-electron chi connectivity index (χ0n) is 14.7. The standard InChI is InChI=1S/C20H23N5/c1-14-3-5-16(6-4-14)18-11-20(24-15(2)23-18)25-9-7-17(8-10-25)19-12-21-13-22-19/h3-6,11-13,17H,7-10H2,1-2H3,(H,21,22). The number of H-pyrrole nitrogens is 1. The Morgan fingerprint density at radius 1 is 1.04 bits per heavy atom. The van der Waals surface area contributed by atoms with E-state index >= 15 is 0 Å². The highest BCUT2D eigenvalue weighted by Gasteiger charge is 2.23. The molecule has 5 heteroatoms. The third-order valence-electron chi connectivity index (χ3n) is 4.95. The number of benzene rings is 1. The molecule has 3 aromatic rings. The number of rotatable bonds is 3. The zero-order valence-corrected chi connectivity index (χ0v) is 14.7. The Labute approximate surface area is 148 Å². The molecule has 128 valence electrons. The van der Waals surface area contributed by atoms with Gasteiger partial charge < -0.3 is 9.88 Å². The molecule has 0 spiro atoms. The van der Waals surface area contributed by atoms with Crippen LogP contribution in [0.15, 0.2) is 42.9 Å². The summed E-state index contributed by atoms with van der Waals surface area (Å²) < 4.78 is 0. The minimum Gasteiger partial charge on any atom is -0.356 e. The number of hydrogen-bond acceptors (Lipinski definition) is 4. The highest BCUT2D eigenvalue weighted by molar-refractivity contribution is 5.63. The van der Waals surface area contributed by atoms with Crippen molar-refractivity contribution >= 4 is 5.82 Å². The van der Waals surface area contributed by atoms with E-state index in [4.69, 9.17) is 0 Å². The van der Waals surface area contributed by atoms with Crippen LogP contribution >= 0.6 is 0 Å². The molecule has 0 atom stereocenters. The molecule has 0 saturated carbocycles. The van der Waals surface area contributed by atoms with Crippen LogP contribution in [0.2, 0.25) is 0 Å². The van der Waals surface area contributed by atoms with Gasteiger partial charge in [0.1, 0.15) is 11.6 Å². The largest absolute Gasteiger partial charge is 0.356 e. The van der Waals surface area contributed by atoms with E-state index in [1.807, 2.05) is 13.1 Å². The van der Waals surface area contributed by atoms with Crippen LogP contribution < -0.4 is 4.90 Å². The molecule has 1 aromatic carbocycles. The maximum Gasteiger partial charge on any atom is 0.132 e. The lowest BCUT2D eigenvalue weighted by molar-refractivity contribution is 0.495. The Hall–Kier alpha value is -2.69. The van der Waals surface area contributed by atoms with Crippen LogP contribution in [0, 0.1) is 13.8 Å². The molecule has 1 saturated heterocycles. The van der Waals surface area contributed by atoms with Gasteiger partial charge in [0.05, 0.1) is 12.0 Å². The SMILES string of the molecule is Cc1ccc(-c2cc(N3CCC(c4cnc[nH]4)CC3)nc(C)n2)cc1. The highest BCUT2D eigenvalue weighted by Crippen LogP contribution is 2.30. The third-order valence-corrected chi connectivity index (χ3v) is 4.95. The Balaban J connectivity index is 1.54. The van der Waals surface area contributed by atoms with Crippen molar-refractivity contribution < 1.29 is 0 Å². The van der Waals surface area contributed by atoms with E-state index < -0.39 is 0 Å². The molecule has 0 aliphatic carbocycles. The van der Waals surface area contributed by atoms with Crippen molar-refractivity contribution in [3.05, 3.63) is 59.9 Å². The van der Waals surface area contributed by atoms with Crippen LogP contribution in [0.4, 0.5) is 5.82 Å². The average molecular weight is 333 g/mol. The molecular weight excluding hydrogens is 310 g/mol. The predicted octanol–water partition coefficient (Wildman–Crippen LogP) is 3.87. The molecular formula is C20H23N5. The fourth-order valence-corrected chi connectivity index (χ4v) is 3.50. The van der Waals surface area contributed by atoms with Gasteiger partial charge in [-0.25, -0.2) is 15.0 Å². The lowest BCUT2D eigenvalue weighted by atomic mass is 9.94. The summed E-state index contributed by atoms with van der Waals surface area (Å²) in [5.74, 6) is 2.42. The molecule has 1 fully saturated rings. The van der Waals surface area contributed by atoms with Crippen LogP contribution in [-0.2, 0) is 0 Å². The van der Waals surface area contributed by atoms with E-state index in [9.17, 15) is 0 Å². The molecule has 2 aromatic heterocycles. The molecule has 1 aliphatic rings. The quantitative estimate of drug-likeness (QED) is 0.790. The lowest BCUT2D eigenvalue weighted by Crippen LogP contribution is -2.33. The Morgan fingerprint density at radius 3 is 2.48 bits per heavy atom. The molecule has 1 N–H and O–H groups in total. The van der Waals surface area contributed by atoms with Gasteiger partial charge in [-0.05, 0) is 26.7 Å². The molecule has 0 bridgehead atoms. The van der Waals surface area contributed by atoms with Crippen molar-refractivity contribution in [3.63, 3.8) is 0 Å². The van der Waals surface area contributed by atoms with Gasteiger partial charge in [-0.3, -0.25) is 0 Å². The van der Waals surface area contributed by atoms with Crippen molar-refractivity contribution in [2.75, 3.05) is 18.0 Å². The number of aryl methyl sites for hydroxylation is 2. The van der Waals surface area contributed by atoms with Crippen LogP contribution in [0.3, 0.4) is 0 Å². The van der Waals surface area contributed by atoms with E-state index in [1.54, 1.807) is 6.33 Å². The first-order valence-electron chi connectivity index (χ1n) is 8.85. The predicted molar refractivity (Wildman–Crippen MR) is 99.7 cm³/mol. The minimum absolute atomic E-state index is 0.568. The average Bonchev–Trinajstić information content (AvgIpc) is 3.17. The van der Waals surface area contributed by atoms with Crippen LogP contribution in [-0.4, -0.2) is 33.0 Å². The smallest absolute Gasteiger partial charge is 0.132 e. The topological polar surface area (TPSA) is 57.7 Å². The molecule has 25 heavy (non-hydrogen) atoms.